The van der Waals surface area contributed by atoms with E-state index in [1.54, 1.807) is 24.3 Å². The largest absolute Gasteiger partial charge is 0.490 e. The van der Waals surface area contributed by atoms with E-state index in [0.717, 1.165) is 25.7 Å². The van der Waals surface area contributed by atoms with Gasteiger partial charge >= 0.3 is 0 Å². The molecule has 1 saturated carbocycles. The molecule has 1 heterocycles. The zero-order valence-electron chi connectivity index (χ0n) is 13.0. The van der Waals surface area contributed by atoms with E-state index in [-0.39, 0.29) is 16.6 Å². The minimum absolute atomic E-state index is 0.0625. The van der Waals surface area contributed by atoms with Crippen LogP contribution in [0.5, 0.6) is 5.75 Å². The molecule has 1 fully saturated rings. The van der Waals surface area contributed by atoms with Gasteiger partial charge in [-0.15, -0.1) is 0 Å². The Morgan fingerprint density at radius 3 is 2.58 bits per heavy atom. The predicted octanol–water partition coefficient (Wildman–Crippen LogP) is 2.52. The van der Waals surface area contributed by atoms with Crippen LogP contribution >= 0.6 is 0 Å². The molecule has 0 spiro atoms. The Hall–Kier alpha value is -2.41. The molecule has 0 bridgehead atoms. The van der Waals surface area contributed by atoms with Gasteiger partial charge in [0.25, 0.3) is 15.9 Å². The van der Waals surface area contributed by atoms with Crippen LogP contribution < -0.4 is 9.46 Å². The van der Waals surface area contributed by atoms with E-state index in [0.29, 0.717) is 5.75 Å². The molecule has 2 aromatic rings. The fourth-order valence-corrected chi connectivity index (χ4v) is 3.61. The third kappa shape index (κ3) is 3.73. The lowest BCUT2D eigenvalue weighted by Crippen LogP contribution is -2.31. The molecule has 0 aliphatic heterocycles. The van der Waals surface area contributed by atoms with Gasteiger partial charge in [-0.2, -0.15) is 0 Å². The average Bonchev–Trinajstić information content (AvgIpc) is 3.09. The van der Waals surface area contributed by atoms with Gasteiger partial charge in [-0.25, -0.2) is 13.1 Å². The van der Waals surface area contributed by atoms with Crippen LogP contribution in [0.1, 0.15) is 36.0 Å². The monoisotopic (exact) mass is 346 g/mol. The van der Waals surface area contributed by atoms with Crippen molar-refractivity contribution in [1.82, 2.24) is 9.71 Å². The van der Waals surface area contributed by atoms with Crippen molar-refractivity contribution < 1.29 is 17.9 Å². The number of benzene rings is 1. The second-order valence-electron chi connectivity index (χ2n) is 5.64. The topological polar surface area (TPSA) is 85.4 Å². The van der Waals surface area contributed by atoms with Crippen LogP contribution in [0.4, 0.5) is 0 Å². The van der Waals surface area contributed by atoms with Gasteiger partial charge in [0, 0.05) is 12.4 Å². The number of ether oxygens (including phenoxy) is 1. The van der Waals surface area contributed by atoms with Crippen LogP contribution in [0.25, 0.3) is 0 Å². The SMILES string of the molecule is O=C(NS(=O)(=O)c1cccnc1)c1ccccc1OC1CCCC1. The van der Waals surface area contributed by atoms with E-state index < -0.39 is 15.9 Å². The van der Waals surface area contributed by atoms with Gasteiger partial charge < -0.3 is 4.74 Å². The number of sulfonamides is 1. The Kier molecular flexibility index (Phi) is 4.80. The molecule has 3 rings (SSSR count). The number of amides is 1. The maximum atomic E-state index is 12.4. The molecule has 1 aliphatic carbocycles. The van der Waals surface area contributed by atoms with Crippen molar-refractivity contribution in [3.63, 3.8) is 0 Å². The Bertz CT molecular complexity index is 815. The first kappa shape index (κ1) is 16.4. The Morgan fingerprint density at radius 2 is 1.88 bits per heavy atom. The van der Waals surface area contributed by atoms with E-state index in [1.807, 2.05) is 0 Å². The molecule has 0 saturated heterocycles. The summed E-state index contributed by atoms with van der Waals surface area (Å²) in [6, 6.07) is 9.55. The number of hydrogen-bond donors (Lipinski definition) is 1. The first-order valence-corrected chi connectivity index (χ1v) is 9.27. The molecule has 1 N–H and O–H groups in total. The average molecular weight is 346 g/mol. The first-order chi connectivity index (χ1) is 11.6. The van der Waals surface area contributed by atoms with Crippen LogP contribution in [-0.4, -0.2) is 25.4 Å². The number of aromatic nitrogens is 1. The number of carbonyl (C=O) groups excluding carboxylic acids is 1. The summed E-state index contributed by atoms with van der Waals surface area (Å²) in [7, 11) is -3.97. The molecule has 1 aliphatic rings. The lowest BCUT2D eigenvalue weighted by atomic mass is 10.2. The van der Waals surface area contributed by atoms with Crippen LogP contribution in [0, 0.1) is 0 Å². The highest BCUT2D eigenvalue weighted by Crippen LogP contribution is 2.26. The molecule has 1 aromatic carbocycles. The summed E-state index contributed by atoms with van der Waals surface area (Å²) < 4.78 is 32.5. The van der Waals surface area contributed by atoms with Gasteiger partial charge in [0.1, 0.15) is 10.6 Å². The molecule has 0 unspecified atom stereocenters. The Morgan fingerprint density at radius 1 is 1.12 bits per heavy atom. The van der Waals surface area contributed by atoms with Crippen LogP contribution in [0.3, 0.4) is 0 Å². The Labute approximate surface area is 140 Å². The third-order valence-corrected chi connectivity index (χ3v) is 5.22. The van der Waals surface area contributed by atoms with E-state index in [2.05, 4.69) is 9.71 Å². The number of nitrogens with zero attached hydrogens (tertiary/aromatic N) is 1. The molecule has 0 atom stereocenters. The number of nitrogens with one attached hydrogen (secondary N) is 1. The standard InChI is InChI=1S/C17H18N2O4S/c20-17(19-24(21,22)14-8-5-11-18-12-14)15-9-3-4-10-16(15)23-13-6-1-2-7-13/h3-5,8-13H,1-2,6-7H2,(H,19,20). The van der Waals surface area contributed by atoms with Crippen molar-refractivity contribution >= 4 is 15.9 Å². The number of para-hydroxylation sites is 1. The number of pyridine rings is 1. The normalized spacial score (nSPS) is 15.2. The predicted molar refractivity (Wildman–Crippen MR) is 88.2 cm³/mol. The lowest BCUT2D eigenvalue weighted by molar-refractivity contribution is 0.0974. The molecular weight excluding hydrogens is 328 g/mol. The summed E-state index contributed by atoms with van der Waals surface area (Å²) in [5.41, 5.74) is 0.205. The summed E-state index contributed by atoms with van der Waals surface area (Å²) in [4.78, 5) is 16.1. The summed E-state index contributed by atoms with van der Waals surface area (Å²) in [6.45, 7) is 0. The van der Waals surface area contributed by atoms with Crippen LogP contribution in [0.15, 0.2) is 53.7 Å². The molecule has 24 heavy (non-hydrogen) atoms. The van der Waals surface area contributed by atoms with Gasteiger partial charge in [0.2, 0.25) is 0 Å². The number of hydrogen-bond acceptors (Lipinski definition) is 5. The van der Waals surface area contributed by atoms with Crippen LogP contribution in [0.2, 0.25) is 0 Å². The minimum Gasteiger partial charge on any atom is -0.490 e. The molecule has 126 valence electrons. The summed E-state index contributed by atoms with van der Waals surface area (Å²) in [6.07, 6.45) is 6.84. The van der Waals surface area contributed by atoms with E-state index in [4.69, 9.17) is 4.74 Å². The second-order valence-corrected chi connectivity index (χ2v) is 7.33. The van der Waals surface area contributed by atoms with Crippen molar-refractivity contribution in [3.8, 4) is 5.75 Å². The highest BCUT2D eigenvalue weighted by Gasteiger charge is 2.23. The fourth-order valence-electron chi connectivity index (χ4n) is 2.68. The van der Waals surface area contributed by atoms with Gasteiger partial charge in [0.05, 0.1) is 11.7 Å². The van der Waals surface area contributed by atoms with Crippen molar-refractivity contribution in [2.24, 2.45) is 0 Å². The summed E-state index contributed by atoms with van der Waals surface area (Å²) >= 11 is 0. The summed E-state index contributed by atoms with van der Waals surface area (Å²) in [5.74, 6) is -0.310. The zero-order valence-corrected chi connectivity index (χ0v) is 13.8. The minimum atomic E-state index is -3.97. The molecule has 6 nitrogen and oxygen atoms in total. The van der Waals surface area contributed by atoms with Gasteiger partial charge in [0.15, 0.2) is 0 Å². The van der Waals surface area contributed by atoms with Crippen molar-refractivity contribution in [2.45, 2.75) is 36.7 Å². The Balaban J connectivity index is 1.80. The highest BCUT2D eigenvalue weighted by atomic mass is 32.2. The van der Waals surface area contributed by atoms with Crippen molar-refractivity contribution in [3.05, 3.63) is 54.4 Å². The first-order valence-electron chi connectivity index (χ1n) is 7.79. The molecule has 1 aromatic heterocycles. The second kappa shape index (κ2) is 7.00. The van der Waals surface area contributed by atoms with E-state index >= 15 is 0 Å². The third-order valence-electron chi connectivity index (χ3n) is 3.90. The molecule has 0 radical (unpaired) electrons. The van der Waals surface area contributed by atoms with Crippen molar-refractivity contribution in [1.29, 1.82) is 0 Å². The maximum Gasteiger partial charge on any atom is 0.268 e. The zero-order chi connectivity index (χ0) is 17.0. The lowest BCUT2D eigenvalue weighted by Gasteiger charge is -2.16. The van der Waals surface area contributed by atoms with E-state index in [9.17, 15) is 13.2 Å². The maximum absolute atomic E-state index is 12.4. The smallest absolute Gasteiger partial charge is 0.268 e. The van der Waals surface area contributed by atoms with E-state index in [1.165, 1.54) is 24.5 Å². The van der Waals surface area contributed by atoms with Gasteiger partial charge in [-0.05, 0) is 49.9 Å². The quantitative estimate of drug-likeness (QED) is 0.899. The molecular formula is C17H18N2O4S. The van der Waals surface area contributed by atoms with Gasteiger partial charge in [-0.3, -0.25) is 9.78 Å². The highest BCUT2D eigenvalue weighted by molar-refractivity contribution is 7.90. The van der Waals surface area contributed by atoms with Gasteiger partial charge in [-0.1, -0.05) is 12.1 Å². The fraction of sp³-hybridized carbons (Fsp3) is 0.294. The van der Waals surface area contributed by atoms with Crippen LogP contribution in [-0.2, 0) is 10.0 Å². The molecule has 7 heteroatoms. The van der Waals surface area contributed by atoms with Crippen molar-refractivity contribution in [2.75, 3.05) is 0 Å². The number of rotatable bonds is 5. The molecule has 1 amide bonds. The summed E-state index contributed by atoms with van der Waals surface area (Å²) in [5, 5.41) is 0. The number of carbonyl (C=O) groups is 1.